The molecule has 0 saturated heterocycles. The lowest BCUT2D eigenvalue weighted by molar-refractivity contribution is 0.0982. The summed E-state index contributed by atoms with van der Waals surface area (Å²) < 4.78 is 0. The quantitative estimate of drug-likeness (QED) is 0.799. The molecule has 1 rings (SSSR count). The monoisotopic (exact) mass is 253 g/mol. The van der Waals surface area contributed by atoms with E-state index >= 15 is 0 Å². The number of nitrogens with one attached hydrogen (secondary N) is 1. The highest BCUT2D eigenvalue weighted by Crippen LogP contribution is 2.29. The van der Waals surface area contributed by atoms with E-state index in [0.29, 0.717) is 17.0 Å². The molecular formula is C14H20ClNO. The Morgan fingerprint density at radius 1 is 1.35 bits per heavy atom. The first kappa shape index (κ1) is 14.0. The number of hydrogen-bond donors (Lipinski definition) is 1. The standard InChI is InChI=1S/C14H20ClNO/c1-5-7-12(17)10-8-6-9-11(15)13(10)16-14(2,3)4/h6,8-9,16H,5,7H2,1-4H3. The van der Waals surface area contributed by atoms with Gasteiger partial charge in [0.15, 0.2) is 5.78 Å². The van der Waals surface area contributed by atoms with Gasteiger partial charge in [-0.3, -0.25) is 4.79 Å². The van der Waals surface area contributed by atoms with Gasteiger partial charge in [-0.15, -0.1) is 0 Å². The summed E-state index contributed by atoms with van der Waals surface area (Å²) in [5.74, 6) is 0.141. The van der Waals surface area contributed by atoms with Crippen LogP contribution in [0.25, 0.3) is 0 Å². The summed E-state index contributed by atoms with van der Waals surface area (Å²) in [5.41, 5.74) is 1.32. The molecule has 1 aromatic carbocycles. The van der Waals surface area contributed by atoms with Gasteiger partial charge in [0, 0.05) is 17.5 Å². The number of carbonyl (C=O) groups is 1. The Morgan fingerprint density at radius 3 is 2.53 bits per heavy atom. The van der Waals surface area contributed by atoms with Crippen molar-refractivity contribution in [1.82, 2.24) is 0 Å². The third-order valence-electron chi connectivity index (χ3n) is 2.29. The van der Waals surface area contributed by atoms with Crippen LogP contribution in [0, 0.1) is 0 Å². The van der Waals surface area contributed by atoms with Gasteiger partial charge < -0.3 is 5.32 Å². The molecule has 0 aromatic heterocycles. The SMILES string of the molecule is CCCC(=O)c1cccc(Cl)c1NC(C)(C)C. The second-order valence-electron chi connectivity index (χ2n) is 5.21. The fourth-order valence-electron chi connectivity index (χ4n) is 1.62. The molecule has 0 aliphatic heterocycles. The van der Waals surface area contributed by atoms with Crippen LogP contribution >= 0.6 is 11.6 Å². The summed E-state index contributed by atoms with van der Waals surface area (Å²) in [4.78, 5) is 12.0. The summed E-state index contributed by atoms with van der Waals surface area (Å²) in [5, 5.41) is 3.90. The van der Waals surface area contributed by atoms with Crippen LogP contribution in [-0.2, 0) is 0 Å². The first-order valence-corrected chi connectivity index (χ1v) is 6.33. The van der Waals surface area contributed by atoms with Crippen LogP contribution in [0.2, 0.25) is 5.02 Å². The minimum Gasteiger partial charge on any atom is -0.379 e. The molecule has 0 saturated carbocycles. The Hall–Kier alpha value is -1.02. The molecule has 0 radical (unpaired) electrons. The maximum atomic E-state index is 12.0. The zero-order chi connectivity index (χ0) is 13.1. The zero-order valence-electron chi connectivity index (χ0n) is 10.9. The average molecular weight is 254 g/mol. The van der Waals surface area contributed by atoms with E-state index in [0.717, 1.165) is 12.1 Å². The molecule has 0 unspecified atom stereocenters. The van der Waals surface area contributed by atoms with Gasteiger partial charge in [-0.1, -0.05) is 24.6 Å². The van der Waals surface area contributed by atoms with Gasteiger partial charge in [-0.05, 0) is 39.3 Å². The normalized spacial score (nSPS) is 11.4. The van der Waals surface area contributed by atoms with Crippen molar-refractivity contribution in [3.05, 3.63) is 28.8 Å². The average Bonchev–Trinajstić information content (AvgIpc) is 2.19. The third-order valence-corrected chi connectivity index (χ3v) is 2.61. The predicted molar refractivity (Wildman–Crippen MR) is 74.1 cm³/mol. The van der Waals surface area contributed by atoms with E-state index in [-0.39, 0.29) is 11.3 Å². The molecule has 0 bridgehead atoms. The van der Waals surface area contributed by atoms with Gasteiger partial charge in [0.05, 0.1) is 10.7 Å². The highest BCUT2D eigenvalue weighted by Gasteiger charge is 2.18. The summed E-state index contributed by atoms with van der Waals surface area (Å²) >= 11 is 6.16. The number of ketones is 1. The second kappa shape index (κ2) is 5.54. The number of carbonyl (C=O) groups excluding carboxylic acids is 1. The number of Topliss-reactive ketones (excluding diaryl/α,β-unsaturated/α-hetero) is 1. The molecule has 0 fully saturated rings. The van der Waals surface area contributed by atoms with E-state index in [1.165, 1.54) is 0 Å². The van der Waals surface area contributed by atoms with Crippen molar-refractivity contribution in [3.63, 3.8) is 0 Å². The second-order valence-corrected chi connectivity index (χ2v) is 5.62. The first-order valence-electron chi connectivity index (χ1n) is 5.95. The number of para-hydroxylation sites is 1. The molecule has 0 amide bonds. The Balaban J connectivity index is 3.13. The fourth-order valence-corrected chi connectivity index (χ4v) is 1.84. The number of rotatable bonds is 4. The van der Waals surface area contributed by atoms with E-state index in [4.69, 9.17) is 11.6 Å². The van der Waals surface area contributed by atoms with Crippen molar-refractivity contribution < 1.29 is 4.79 Å². The summed E-state index contributed by atoms with van der Waals surface area (Å²) in [6, 6.07) is 5.45. The lowest BCUT2D eigenvalue weighted by atomic mass is 10.0. The van der Waals surface area contributed by atoms with E-state index in [1.807, 2.05) is 39.8 Å². The minimum atomic E-state index is -0.119. The molecule has 0 aliphatic carbocycles. The number of anilines is 1. The predicted octanol–water partition coefficient (Wildman–Crippen LogP) is 4.53. The van der Waals surface area contributed by atoms with Gasteiger partial charge in [-0.2, -0.15) is 0 Å². The van der Waals surface area contributed by atoms with Crippen LogP contribution < -0.4 is 5.32 Å². The van der Waals surface area contributed by atoms with Crippen molar-refractivity contribution >= 4 is 23.1 Å². The molecular weight excluding hydrogens is 234 g/mol. The highest BCUT2D eigenvalue weighted by molar-refractivity contribution is 6.34. The molecule has 1 N–H and O–H groups in total. The molecule has 3 heteroatoms. The lowest BCUT2D eigenvalue weighted by Crippen LogP contribution is -2.27. The Labute approximate surface area is 108 Å². The number of halogens is 1. The summed E-state index contributed by atoms with van der Waals surface area (Å²) in [7, 11) is 0. The molecule has 0 aliphatic rings. The van der Waals surface area contributed by atoms with Crippen LogP contribution in [0.1, 0.15) is 50.9 Å². The number of hydrogen-bond acceptors (Lipinski definition) is 2. The van der Waals surface area contributed by atoms with Crippen LogP contribution in [0.15, 0.2) is 18.2 Å². The maximum Gasteiger partial charge on any atom is 0.164 e. The van der Waals surface area contributed by atoms with Crippen molar-refractivity contribution in [2.75, 3.05) is 5.32 Å². The first-order chi connectivity index (χ1) is 7.85. The molecule has 2 nitrogen and oxygen atoms in total. The van der Waals surface area contributed by atoms with Gasteiger partial charge in [0.2, 0.25) is 0 Å². The van der Waals surface area contributed by atoms with Crippen LogP contribution in [-0.4, -0.2) is 11.3 Å². The van der Waals surface area contributed by atoms with E-state index < -0.39 is 0 Å². The van der Waals surface area contributed by atoms with Gasteiger partial charge in [0.1, 0.15) is 0 Å². The Bertz CT molecular complexity index is 407. The van der Waals surface area contributed by atoms with Crippen LogP contribution in [0.4, 0.5) is 5.69 Å². The number of benzene rings is 1. The molecule has 1 aromatic rings. The molecule has 0 heterocycles. The molecule has 94 valence electrons. The highest BCUT2D eigenvalue weighted by atomic mass is 35.5. The van der Waals surface area contributed by atoms with Crippen molar-refractivity contribution in [3.8, 4) is 0 Å². The minimum absolute atomic E-state index is 0.119. The molecule has 17 heavy (non-hydrogen) atoms. The fraction of sp³-hybridized carbons (Fsp3) is 0.500. The Kier molecular flexibility index (Phi) is 4.58. The van der Waals surface area contributed by atoms with Crippen molar-refractivity contribution in [2.45, 2.75) is 46.1 Å². The smallest absolute Gasteiger partial charge is 0.164 e. The van der Waals surface area contributed by atoms with E-state index in [1.54, 1.807) is 6.07 Å². The molecule has 0 spiro atoms. The van der Waals surface area contributed by atoms with Crippen molar-refractivity contribution in [1.29, 1.82) is 0 Å². The van der Waals surface area contributed by atoms with E-state index in [9.17, 15) is 4.79 Å². The van der Waals surface area contributed by atoms with Gasteiger partial charge >= 0.3 is 0 Å². The lowest BCUT2D eigenvalue weighted by Gasteiger charge is -2.24. The van der Waals surface area contributed by atoms with Crippen LogP contribution in [0.3, 0.4) is 0 Å². The van der Waals surface area contributed by atoms with Crippen molar-refractivity contribution in [2.24, 2.45) is 0 Å². The zero-order valence-corrected chi connectivity index (χ0v) is 11.7. The summed E-state index contributed by atoms with van der Waals surface area (Å²) in [6.07, 6.45) is 1.40. The molecule has 0 atom stereocenters. The topological polar surface area (TPSA) is 29.1 Å². The maximum absolute atomic E-state index is 12.0. The van der Waals surface area contributed by atoms with E-state index in [2.05, 4.69) is 5.32 Å². The largest absolute Gasteiger partial charge is 0.379 e. The van der Waals surface area contributed by atoms with Gasteiger partial charge in [0.25, 0.3) is 0 Å². The third kappa shape index (κ3) is 4.04. The van der Waals surface area contributed by atoms with Crippen LogP contribution in [0.5, 0.6) is 0 Å². The summed E-state index contributed by atoms with van der Waals surface area (Å²) in [6.45, 7) is 8.14. The van der Waals surface area contributed by atoms with Gasteiger partial charge in [-0.25, -0.2) is 0 Å². The Morgan fingerprint density at radius 2 is 2.00 bits per heavy atom.